The van der Waals surface area contributed by atoms with Crippen molar-refractivity contribution < 1.29 is 80.2 Å². The lowest BCUT2D eigenvalue weighted by Crippen LogP contribution is -2.30. The zero-order valence-electron chi connectivity index (χ0n) is 55.8. The molecule has 0 rings (SSSR count). The van der Waals surface area contributed by atoms with E-state index in [1.807, 2.05) is 0 Å². The van der Waals surface area contributed by atoms with Gasteiger partial charge in [0, 0.05) is 25.7 Å². The van der Waals surface area contributed by atoms with Crippen LogP contribution in [0.15, 0.2) is 0 Å². The number of aliphatic hydroxyl groups excluding tert-OH is 1. The molecule has 0 radical (unpaired) electrons. The minimum atomic E-state index is -4.95. The van der Waals surface area contributed by atoms with Crippen LogP contribution in [-0.2, 0) is 65.4 Å². The number of carbonyl (C=O) groups is 4. The van der Waals surface area contributed by atoms with Crippen molar-refractivity contribution in [2.45, 2.75) is 349 Å². The maximum Gasteiger partial charge on any atom is 0.472 e. The molecule has 5 atom stereocenters. The van der Waals surface area contributed by atoms with E-state index in [0.717, 1.165) is 108 Å². The Morgan fingerprint density at radius 3 is 0.791 bits per heavy atom. The van der Waals surface area contributed by atoms with E-state index in [4.69, 9.17) is 37.0 Å². The number of phosphoric acid groups is 2. The van der Waals surface area contributed by atoms with Crippen molar-refractivity contribution in [3.05, 3.63) is 0 Å². The molecule has 0 bridgehead atoms. The van der Waals surface area contributed by atoms with Crippen LogP contribution in [0.25, 0.3) is 0 Å². The van der Waals surface area contributed by atoms with E-state index in [0.29, 0.717) is 31.6 Å². The molecule has 86 heavy (non-hydrogen) atoms. The van der Waals surface area contributed by atoms with Gasteiger partial charge in [0.25, 0.3) is 0 Å². The molecule has 0 aromatic rings. The second-order valence-corrected chi connectivity index (χ2v) is 28.5. The number of hydrogen-bond donors (Lipinski definition) is 3. The second-order valence-electron chi connectivity index (χ2n) is 25.6. The Hall–Kier alpha value is -1.94. The van der Waals surface area contributed by atoms with Crippen molar-refractivity contribution in [1.29, 1.82) is 0 Å². The first kappa shape index (κ1) is 84.1. The van der Waals surface area contributed by atoms with Crippen LogP contribution in [0.2, 0.25) is 0 Å². The normalized spacial score (nSPS) is 14.3. The molecule has 0 heterocycles. The van der Waals surface area contributed by atoms with Gasteiger partial charge in [0.05, 0.1) is 26.4 Å². The highest BCUT2D eigenvalue weighted by Crippen LogP contribution is 2.45. The summed E-state index contributed by atoms with van der Waals surface area (Å²) >= 11 is 0. The van der Waals surface area contributed by atoms with Gasteiger partial charge in [-0.3, -0.25) is 37.3 Å². The number of rotatable bonds is 65. The van der Waals surface area contributed by atoms with E-state index >= 15 is 0 Å². The van der Waals surface area contributed by atoms with Crippen molar-refractivity contribution in [2.75, 3.05) is 39.6 Å². The molecule has 19 heteroatoms. The van der Waals surface area contributed by atoms with Crippen LogP contribution in [-0.4, -0.2) is 96.7 Å². The summed E-state index contributed by atoms with van der Waals surface area (Å²) in [6, 6.07) is 0. The molecule has 0 saturated heterocycles. The molecule has 0 aromatic carbocycles. The zero-order valence-corrected chi connectivity index (χ0v) is 57.6. The Bertz CT molecular complexity index is 1700. The van der Waals surface area contributed by atoms with E-state index in [2.05, 4.69) is 48.5 Å². The van der Waals surface area contributed by atoms with Gasteiger partial charge in [0.1, 0.15) is 19.3 Å². The third kappa shape index (κ3) is 60.9. The number of aliphatic hydroxyl groups is 1. The van der Waals surface area contributed by atoms with E-state index in [9.17, 15) is 43.2 Å². The summed E-state index contributed by atoms with van der Waals surface area (Å²) in [4.78, 5) is 72.4. The maximum atomic E-state index is 13.0. The predicted molar refractivity (Wildman–Crippen MR) is 344 cm³/mol. The van der Waals surface area contributed by atoms with E-state index in [1.54, 1.807) is 0 Å². The van der Waals surface area contributed by atoms with Crippen molar-refractivity contribution in [3.8, 4) is 0 Å². The first-order valence-corrected chi connectivity index (χ1v) is 37.8. The van der Waals surface area contributed by atoms with Gasteiger partial charge in [-0.1, -0.05) is 280 Å². The summed E-state index contributed by atoms with van der Waals surface area (Å²) in [5, 5.41) is 10.6. The van der Waals surface area contributed by atoms with Gasteiger partial charge in [-0.05, 0) is 43.4 Å². The van der Waals surface area contributed by atoms with Crippen LogP contribution < -0.4 is 0 Å². The first-order chi connectivity index (χ1) is 41.2. The van der Waals surface area contributed by atoms with E-state index in [1.165, 1.54) is 135 Å². The Labute approximate surface area is 524 Å². The number of unbranched alkanes of at least 4 members (excludes halogenated alkanes) is 33. The minimum Gasteiger partial charge on any atom is -0.462 e. The van der Waals surface area contributed by atoms with Gasteiger partial charge in [-0.2, -0.15) is 0 Å². The summed E-state index contributed by atoms with van der Waals surface area (Å²) in [5.74, 6) is 0.0701. The topological polar surface area (TPSA) is 237 Å². The average Bonchev–Trinajstić information content (AvgIpc) is 3.59. The number of phosphoric ester groups is 2. The average molecular weight is 1270 g/mol. The fourth-order valence-electron chi connectivity index (χ4n) is 10.0. The van der Waals surface area contributed by atoms with Gasteiger partial charge in [-0.25, -0.2) is 9.13 Å². The van der Waals surface area contributed by atoms with E-state index < -0.39 is 97.5 Å². The quantitative estimate of drug-likeness (QED) is 0.0222. The first-order valence-electron chi connectivity index (χ1n) is 34.8. The van der Waals surface area contributed by atoms with Crippen LogP contribution in [0.5, 0.6) is 0 Å². The lowest BCUT2D eigenvalue weighted by atomic mass is 10.0. The molecule has 3 N–H and O–H groups in total. The molecule has 0 spiro atoms. The lowest BCUT2D eigenvalue weighted by molar-refractivity contribution is -0.161. The lowest BCUT2D eigenvalue weighted by Gasteiger charge is -2.21. The van der Waals surface area contributed by atoms with Gasteiger partial charge >= 0.3 is 39.5 Å². The van der Waals surface area contributed by atoms with Gasteiger partial charge in [0.2, 0.25) is 0 Å². The predicted octanol–water partition coefficient (Wildman–Crippen LogP) is 18.7. The SMILES string of the molecule is CCCCCCCCCCCCCC(=O)O[C@H](COC(=O)CCCCCCCCCC(C)C)COP(=O)(O)OC[C@H](O)COP(=O)(O)OC[C@@H](COC(=O)CCCCCCCCCCCC(C)C)OC(=O)CCCCCCCCCCCCC(C)C. The molecule has 2 unspecified atom stereocenters. The van der Waals surface area contributed by atoms with Crippen LogP contribution in [0.1, 0.15) is 331 Å². The van der Waals surface area contributed by atoms with E-state index in [-0.39, 0.29) is 25.7 Å². The smallest absolute Gasteiger partial charge is 0.462 e. The number of ether oxygens (including phenoxy) is 4. The summed E-state index contributed by atoms with van der Waals surface area (Å²) in [6.45, 7) is 11.7. The molecule has 0 amide bonds. The standard InChI is InChI=1S/C67H130O17P2/c1-8-9-10-11-12-13-14-20-28-36-43-50-66(71)84-63(55-78-65(70)49-42-35-30-23-26-33-40-47-60(6)7)57-82-86(75,76)80-53-61(68)52-79-85(73,74)81-56-62(54-77-64(69)48-41-34-27-22-17-19-25-32-39-46-59(4)5)83-67(72)51-44-37-29-21-16-15-18-24-31-38-45-58(2)3/h58-63,68H,8-57H2,1-7H3,(H,73,74)(H,75,76)/t61-,62-,63-/m1/s1. The van der Waals surface area contributed by atoms with Crippen molar-refractivity contribution in [2.24, 2.45) is 17.8 Å². The molecule has 0 aliphatic carbocycles. The fraction of sp³-hybridized carbons (Fsp3) is 0.940. The summed E-state index contributed by atoms with van der Waals surface area (Å²) in [7, 11) is -9.89. The molecule has 0 aromatic heterocycles. The monoisotopic (exact) mass is 1270 g/mol. The third-order valence-corrected chi connectivity index (χ3v) is 17.3. The molecular weight excluding hydrogens is 1140 g/mol. The van der Waals surface area contributed by atoms with Crippen molar-refractivity contribution in [1.82, 2.24) is 0 Å². The van der Waals surface area contributed by atoms with Crippen molar-refractivity contribution >= 4 is 39.5 Å². The molecule has 510 valence electrons. The Morgan fingerprint density at radius 2 is 0.535 bits per heavy atom. The van der Waals surface area contributed by atoms with Crippen LogP contribution in [0.3, 0.4) is 0 Å². The van der Waals surface area contributed by atoms with Crippen LogP contribution >= 0.6 is 15.6 Å². The number of esters is 4. The number of carbonyl (C=O) groups excluding carboxylic acids is 4. The largest absolute Gasteiger partial charge is 0.472 e. The molecule has 0 aliphatic rings. The van der Waals surface area contributed by atoms with Crippen molar-refractivity contribution in [3.63, 3.8) is 0 Å². The summed E-state index contributed by atoms with van der Waals surface area (Å²) in [5.41, 5.74) is 0. The molecule has 0 aliphatic heterocycles. The fourth-order valence-corrected chi connectivity index (χ4v) is 11.6. The Kier molecular flexibility index (Phi) is 56.9. The Morgan fingerprint density at radius 1 is 0.314 bits per heavy atom. The molecule has 17 nitrogen and oxygen atoms in total. The summed E-state index contributed by atoms with van der Waals surface area (Å²) in [6.07, 6.45) is 40.3. The molecule has 0 fully saturated rings. The highest BCUT2D eigenvalue weighted by Gasteiger charge is 2.30. The van der Waals surface area contributed by atoms with Gasteiger partial charge in [-0.15, -0.1) is 0 Å². The van der Waals surface area contributed by atoms with Gasteiger partial charge < -0.3 is 33.8 Å². The summed E-state index contributed by atoms with van der Waals surface area (Å²) < 4.78 is 68.1. The Balaban J connectivity index is 5.26. The number of hydrogen-bond acceptors (Lipinski definition) is 15. The highest BCUT2D eigenvalue weighted by atomic mass is 31.2. The second kappa shape index (κ2) is 58.2. The third-order valence-electron chi connectivity index (χ3n) is 15.4. The van der Waals surface area contributed by atoms with Crippen LogP contribution in [0.4, 0.5) is 0 Å². The maximum absolute atomic E-state index is 13.0. The zero-order chi connectivity index (χ0) is 63.8. The minimum absolute atomic E-state index is 0.105. The van der Waals surface area contributed by atoms with Gasteiger partial charge in [0.15, 0.2) is 12.2 Å². The molecular formula is C67H130O17P2. The molecule has 0 saturated carbocycles. The highest BCUT2D eigenvalue weighted by molar-refractivity contribution is 7.47. The van der Waals surface area contributed by atoms with Crippen LogP contribution in [0, 0.1) is 17.8 Å².